The van der Waals surface area contributed by atoms with Gasteiger partial charge in [-0.3, -0.25) is 14.3 Å². The smallest absolute Gasteiger partial charge is 0.261 e. The highest BCUT2D eigenvalue weighted by molar-refractivity contribution is 7.92. The molecular formula is C23H20FN3O4S. The second kappa shape index (κ2) is 8.80. The van der Waals surface area contributed by atoms with Crippen LogP contribution in [-0.2, 0) is 10.0 Å². The maximum absolute atomic E-state index is 13.0. The third-order valence-corrected chi connectivity index (χ3v) is 6.22. The van der Waals surface area contributed by atoms with Crippen LogP contribution in [0.3, 0.4) is 0 Å². The largest absolute Gasteiger partial charge is 0.349 e. The summed E-state index contributed by atoms with van der Waals surface area (Å²) in [7, 11) is -3.90. The highest BCUT2D eigenvalue weighted by atomic mass is 32.2. The molecule has 0 unspecified atom stereocenters. The monoisotopic (exact) mass is 453 g/mol. The van der Waals surface area contributed by atoms with Crippen molar-refractivity contribution in [2.75, 3.05) is 10.0 Å². The first-order chi connectivity index (χ1) is 15.3. The van der Waals surface area contributed by atoms with Crippen LogP contribution in [0.25, 0.3) is 0 Å². The van der Waals surface area contributed by atoms with Crippen molar-refractivity contribution < 1.29 is 22.4 Å². The van der Waals surface area contributed by atoms with Crippen LogP contribution in [0.4, 0.5) is 15.8 Å². The van der Waals surface area contributed by atoms with Gasteiger partial charge in [-0.25, -0.2) is 12.8 Å². The molecule has 0 spiro atoms. The lowest BCUT2D eigenvalue weighted by Crippen LogP contribution is -2.25. The van der Waals surface area contributed by atoms with E-state index in [0.29, 0.717) is 11.3 Å². The summed E-state index contributed by atoms with van der Waals surface area (Å²) in [4.78, 5) is 24.7. The topological polar surface area (TPSA) is 104 Å². The SMILES string of the molecule is O=C(Nc1cccc(C(=O)NC2CC2)c1)c1ccc(S(=O)(=O)Nc2ccc(F)cc2)cc1. The molecule has 7 nitrogen and oxygen atoms in total. The molecule has 1 saturated carbocycles. The molecule has 1 aliphatic carbocycles. The minimum atomic E-state index is -3.90. The normalized spacial score (nSPS) is 13.3. The van der Waals surface area contributed by atoms with Crippen molar-refractivity contribution in [3.63, 3.8) is 0 Å². The number of halogens is 1. The standard InChI is InChI=1S/C23H20FN3O4S/c24-17-6-8-19(9-7-17)27-32(30,31)21-12-4-15(5-13-21)22(28)26-20-3-1-2-16(14-20)23(29)25-18-10-11-18/h1-9,12-14,18,27H,10-11H2,(H,25,29)(H,26,28). The Morgan fingerprint density at radius 2 is 1.50 bits per heavy atom. The van der Waals surface area contributed by atoms with Crippen molar-refractivity contribution in [3.8, 4) is 0 Å². The lowest BCUT2D eigenvalue weighted by molar-refractivity contribution is 0.0949. The van der Waals surface area contributed by atoms with E-state index in [1.165, 1.54) is 36.4 Å². The maximum atomic E-state index is 13.0. The molecule has 0 atom stereocenters. The van der Waals surface area contributed by atoms with Crippen LogP contribution in [0.1, 0.15) is 33.6 Å². The predicted molar refractivity (Wildman–Crippen MR) is 119 cm³/mol. The molecule has 1 aliphatic rings. The van der Waals surface area contributed by atoms with Gasteiger partial charge in [-0.15, -0.1) is 0 Å². The van der Waals surface area contributed by atoms with Gasteiger partial charge < -0.3 is 10.6 Å². The molecule has 32 heavy (non-hydrogen) atoms. The molecule has 0 aliphatic heterocycles. The quantitative estimate of drug-likeness (QED) is 0.507. The summed E-state index contributed by atoms with van der Waals surface area (Å²) in [6, 6.07) is 17.1. The molecule has 4 rings (SSSR count). The van der Waals surface area contributed by atoms with Crippen molar-refractivity contribution in [2.24, 2.45) is 0 Å². The van der Waals surface area contributed by atoms with Gasteiger partial charge in [0.15, 0.2) is 0 Å². The Labute approximate surface area is 184 Å². The van der Waals surface area contributed by atoms with Gasteiger partial charge >= 0.3 is 0 Å². The van der Waals surface area contributed by atoms with E-state index >= 15 is 0 Å². The second-order valence-electron chi connectivity index (χ2n) is 7.42. The highest BCUT2D eigenvalue weighted by Gasteiger charge is 2.24. The van der Waals surface area contributed by atoms with Crippen molar-refractivity contribution in [3.05, 3.63) is 89.7 Å². The molecule has 0 bridgehead atoms. The lowest BCUT2D eigenvalue weighted by Gasteiger charge is -2.10. The number of benzene rings is 3. The van der Waals surface area contributed by atoms with Crippen LogP contribution in [0.15, 0.2) is 77.7 Å². The molecule has 0 saturated heterocycles. The number of amides is 2. The van der Waals surface area contributed by atoms with E-state index in [4.69, 9.17) is 0 Å². The third kappa shape index (κ3) is 5.30. The summed E-state index contributed by atoms with van der Waals surface area (Å²) in [5.41, 5.74) is 1.37. The Bertz CT molecular complexity index is 1260. The molecule has 3 aromatic rings. The fourth-order valence-electron chi connectivity index (χ4n) is 2.96. The average molecular weight is 453 g/mol. The van der Waals surface area contributed by atoms with Gasteiger partial charge in [0.1, 0.15) is 5.82 Å². The zero-order chi connectivity index (χ0) is 22.7. The molecule has 2 amide bonds. The fraction of sp³-hybridized carbons (Fsp3) is 0.130. The van der Waals surface area contributed by atoms with Gasteiger partial charge in [-0.05, 0) is 79.6 Å². The molecule has 3 N–H and O–H groups in total. The summed E-state index contributed by atoms with van der Waals surface area (Å²) < 4.78 is 40.3. The Balaban J connectivity index is 1.43. The average Bonchev–Trinajstić information content (AvgIpc) is 3.59. The molecular weight excluding hydrogens is 433 g/mol. The van der Waals surface area contributed by atoms with Gasteiger partial charge in [-0.1, -0.05) is 6.07 Å². The Kier molecular flexibility index (Phi) is 5.91. The first-order valence-electron chi connectivity index (χ1n) is 9.91. The van der Waals surface area contributed by atoms with Crippen LogP contribution >= 0.6 is 0 Å². The van der Waals surface area contributed by atoms with Gasteiger partial charge in [0, 0.05) is 28.5 Å². The number of nitrogens with one attached hydrogen (secondary N) is 3. The highest BCUT2D eigenvalue weighted by Crippen LogP contribution is 2.21. The van der Waals surface area contributed by atoms with Crippen LogP contribution in [0, 0.1) is 5.82 Å². The fourth-order valence-corrected chi connectivity index (χ4v) is 4.01. The van der Waals surface area contributed by atoms with E-state index in [0.717, 1.165) is 25.0 Å². The van der Waals surface area contributed by atoms with Crippen molar-refractivity contribution in [1.82, 2.24) is 5.32 Å². The van der Waals surface area contributed by atoms with Crippen molar-refractivity contribution in [2.45, 2.75) is 23.8 Å². The van der Waals surface area contributed by atoms with E-state index in [2.05, 4.69) is 15.4 Å². The van der Waals surface area contributed by atoms with E-state index in [1.54, 1.807) is 24.3 Å². The Morgan fingerprint density at radius 3 is 2.16 bits per heavy atom. The van der Waals surface area contributed by atoms with E-state index in [9.17, 15) is 22.4 Å². The minimum Gasteiger partial charge on any atom is -0.349 e. The summed E-state index contributed by atoms with van der Waals surface area (Å²) in [5, 5.41) is 5.60. The number of carbonyl (C=O) groups excluding carboxylic acids is 2. The first kappa shape index (κ1) is 21.5. The molecule has 0 radical (unpaired) electrons. The summed E-state index contributed by atoms with van der Waals surface area (Å²) >= 11 is 0. The van der Waals surface area contributed by atoms with Gasteiger partial charge in [-0.2, -0.15) is 0 Å². The molecule has 0 heterocycles. The molecule has 1 fully saturated rings. The van der Waals surface area contributed by atoms with Gasteiger partial charge in [0.05, 0.1) is 4.90 Å². The van der Waals surface area contributed by atoms with E-state index in [1.807, 2.05) is 0 Å². The molecule has 3 aromatic carbocycles. The summed E-state index contributed by atoms with van der Waals surface area (Å²) in [6.07, 6.45) is 1.96. The maximum Gasteiger partial charge on any atom is 0.261 e. The molecule has 0 aromatic heterocycles. The number of anilines is 2. The van der Waals surface area contributed by atoms with Crippen LogP contribution in [0.2, 0.25) is 0 Å². The zero-order valence-corrected chi connectivity index (χ0v) is 17.7. The number of hydrogen-bond donors (Lipinski definition) is 3. The summed E-state index contributed by atoms with van der Waals surface area (Å²) in [6.45, 7) is 0. The molecule has 9 heteroatoms. The lowest BCUT2D eigenvalue weighted by atomic mass is 10.1. The zero-order valence-electron chi connectivity index (χ0n) is 16.8. The van der Waals surface area contributed by atoms with Crippen molar-refractivity contribution >= 4 is 33.2 Å². The van der Waals surface area contributed by atoms with E-state index < -0.39 is 21.7 Å². The Morgan fingerprint density at radius 1 is 0.812 bits per heavy atom. The van der Waals surface area contributed by atoms with Crippen LogP contribution in [-0.4, -0.2) is 26.3 Å². The van der Waals surface area contributed by atoms with Gasteiger partial charge in [0.2, 0.25) is 0 Å². The number of sulfonamides is 1. The second-order valence-corrected chi connectivity index (χ2v) is 9.10. The molecule has 164 valence electrons. The summed E-state index contributed by atoms with van der Waals surface area (Å²) in [5.74, 6) is -1.11. The van der Waals surface area contributed by atoms with Crippen LogP contribution < -0.4 is 15.4 Å². The van der Waals surface area contributed by atoms with E-state index in [-0.39, 0.29) is 28.1 Å². The first-order valence-corrected chi connectivity index (χ1v) is 11.4. The van der Waals surface area contributed by atoms with Crippen molar-refractivity contribution in [1.29, 1.82) is 0 Å². The number of carbonyl (C=O) groups is 2. The number of rotatable bonds is 7. The predicted octanol–water partition coefficient (Wildman–Crippen LogP) is 3.77. The third-order valence-electron chi connectivity index (χ3n) is 4.82. The minimum absolute atomic E-state index is 0.0443. The van der Waals surface area contributed by atoms with Gasteiger partial charge in [0.25, 0.3) is 21.8 Å². The number of hydrogen-bond acceptors (Lipinski definition) is 4. The Hall–Kier alpha value is -3.72. The van der Waals surface area contributed by atoms with Crippen LogP contribution in [0.5, 0.6) is 0 Å².